The first-order valence-corrected chi connectivity index (χ1v) is 6.29. The SMILES string of the molecule is c1ccc(N(Cc2ccn[nH]2)c2ccccc2)cc1. The molecule has 0 unspecified atom stereocenters. The normalized spacial score (nSPS) is 10.3. The Morgan fingerprint density at radius 3 is 1.84 bits per heavy atom. The van der Waals surface area contributed by atoms with E-state index >= 15 is 0 Å². The third kappa shape index (κ3) is 2.65. The van der Waals surface area contributed by atoms with Crippen molar-refractivity contribution in [3.8, 4) is 0 Å². The highest BCUT2D eigenvalue weighted by molar-refractivity contribution is 5.62. The molecular formula is C16H15N3. The predicted octanol–water partition coefficient (Wildman–Crippen LogP) is 3.75. The van der Waals surface area contributed by atoms with Crippen molar-refractivity contribution < 1.29 is 0 Å². The molecule has 3 heteroatoms. The summed E-state index contributed by atoms with van der Waals surface area (Å²) in [5, 5.41) is 7.03. The van der Waals surface area contributed by atoms with Gasteiger partial charge < -0.3 is 4.90 Å². The molecule has 0 spiro atoms. The summed E-state index contributed by atoms with van der Waals surface area (Å²) >= 11 is 0. The molecule has 94 valence electrons. The Labute approximate surface area is 112 Å². The van der Waals surface area contributed by atoms with Crippen LogP contribution >= 0.6 is 0 Å². The Hall–Kier alpha value is -2.55. The Morgan fingerprint density at radius 2 is 1.37 bits per heavy atom. The number of rotatable bonds is 4. The summed E-state index contributed by atoms with van der Waals surface area (Å²) in [6.07, 6.45) is 1.78. The van der Waals surface area contributed by atoms with Crippen LogP contribution in [0.5, 0.6) is 0 Å². The van der Waals surface area contributed by atoms with Crippen LogP contribution in [-0.4, -0.2) is 10.2 Å². The van der Waals surface area contributed by atoms with Crippen LogP contribution in [0.15, 0.2) is 72.9 Å². The molecule has 1 aromatic heterocycles. The lowest BCUT2D eigenvalue weighted by atomic mass is 10.2. The number of para-hydroxylation sites is 2. The van der Waals surface area contributed by atoms with Crippen LogP contribution in [0.3, 0.4) is 0 Å². The maximum atomic E-state index is 4.01. The molecular weight excluding hydrogens is 234 g/mol. The van der Waals surface area contributed by atoms with Crippen molar-refractivity contribution >= 4 is 11.4 Å². The number of aromatic amines is 1. The lowest BCUT2D eigenvalue weighted by Gasteiger charge is -2.24. The average molecular weight is 249 g/mol. The number of hydrogen-bond acceptors (Lipinski definition) is 2. The molecule has 0 saturated heterocycles. The Balaban J connectivity index is 1.96. The summed E-state index contributed by atoms with van der Waals surface area (Å²) in [5.74, 6) is 0. The molecule has 0 saturated carbocycles. The van der Waals surface area contributed by atoms with E-state index in [1.54, 1.807) is 6.20 Å². The standard InChI is InChI=1S/C16H15N3/c1-3-7-15(8-4-1)19(13-14-11-12-17-18-14)16-9-5-2-6-10-16/h1-12H,13H2,(H,17,18). The first kappa shape index (κ1) is 11.5. The fourth-order valence-electron chi connectivity index (χ4n) is 2.09. The van der Waals surface area contributed by atoms with Crippen LogP contribution in [0, 0.1) is 0 Å². The molecule has 3 nitrogen and oxygen atoms in total. The summed E-state index contributed by atoms with van der Waals surface area (Å²) in [5.41, 5.74) is 3.43. The fourth-order valence-corrected chi connectivity index (χ4v) is 2.09. The molecule has 0 radical (unpaired) electrons. The van der Waals surface area contributed by atoms with Gasteiger partial charge in [-0.05, 0) is 30.3 Å². The van der Waals surface area contributed by atoms with Crippen molar-refractivity contribution in [3.05, 3.63) is 78.6 Å². The van der Waals surface area contributed by atoms with E-state index in [1.807, 2.05) is 18.2 Å². The van der Waals surface area contributed by atoms with Crippen LogP contribution in [0.2, 0.25) is 0 Å². The van der Waals surface area contributed by atoms with E-state index in [9.17, 15) is 0 Å². The topological polar surface area (TPSA) is 31.9 Å². The number of benzene rings is 2. The highest BCUT2D eigenvalue weighted by Gasteiger charge is 2.09. The van der Waals surface area contributed by atoms with Crippen molar-refractivity contribution in [1.29, 1.82) is 0 Å². The van der Waals surface area contributed by atoms with Crippen LogP contribution in [0.25, 0.3) is 0 Å². The summed E-state index contributed by atoms with van der Waals surface area (Å²) in [6.45, 7) is 0.772. The molecule has 0 aliphatic carbocycles. The molecule has 3 rings (SSSR count). The average Bonchev–Trinajstić information content (AvgIpc) is 3.00. The molecule has 2 aromatic carbocycles. The van der Waals surface area contributed by atoms with Crippen molar-refractivity contribution in [2.45, 2.75) is 6.54 Å². The second-order valence-electron chi connectivity index (χ2n) is 4.34. The Bertz CT molecular complexity index is 564. The van der Waals surface area contributed by atoms with Crippen LogP contribution in [-0.2, 0) is 6.54 Å². The molecule has 0 amide bonds. The lowest BCUT2D eigenvalue weighted by Crippen LogP contribution is -2.16. The first-order valence-electron chi connectivity index (χ1n) is 6.29. The van der Waals surface area contributed by atoms with Crippen LogP contribution in [0.4, 0.5) is 11.4 Å². The van der Waals surface area contributed by atoms with Gasteiger partial charge in [0.25, 0.3) is 0 Å². The molecule has 0 fully saturated rings. The fraction of sp³-hybridized carbons (Fsp3) is 0.0625. The Kier molecular flexibility index (Phi) is 3.28. The largest absolute Gasteiger partial charge is 0.335 e. The quantitative estimate of drug-likeness (QED) is 0.763. The van der Waals surface area contributed by atoms with E-state index in [4.69, 9.17) is 0 Å². The maximum absolute atomic E-state index is 4.01. The van der Waals surface area contributed by atoms with Gasteiger partial charge in [0.2, 0.25) is 0 Å². The summed E-state index contributed by atoms with van der Waals surface area (Å²) in [4.78, 5) is 2.26. The van der Waals surface area contributed by atoms with Gasteiger partial charge in [-0.25, -0.2) is 0 Å². The number of nitrogens with one attached hydrogen (secondary N) is 1. The summed E-state index contributed by atoms with van der Waals surface area (Å²) < 4.78 is 0. The highest BCUT2D eigenvalue weighted by atomic mass is 15.2. The van der Waals surface area contributed by atoms with Gasteiger partial charge in [-0.3, -0.25) is 5.10 Å². The second kappa shape index (κ2) is 5.40. The zero-order valence-corrected chi connectivity index (χ0v) is 10.5. The van der Waals surface area contributed by atoms with E-state index < -0.39 is 0 Å². The minimum atomic E-state index is 0.772. The smallest absolute Gasteiger partial charge is 0.0648 e. The number of hydrogen-bond donors (Lipinski definition) is 1. The minimum Gasteiger partial charge on any atom is -0.335 e. The minimum absolute atomic E-state index is 0.772. The van der Waals surface area contributed by atoms with Gasteiger partial charge in [0.05, 0.1) is 12.2 Å². The zero-order chi connectivity index (χ0) is 12.9. The van der Waals surface area contributed by atoms with Crippen molar-refractivity contribution in [1.82, 2.24) is 10.2 Å². The molecule has 0 aliphatic rings. The van der Waals surface area contributed by atoms with Gasteiger partial charge in [-0.2, -0.15) is 5.10 Å². The van der Waals surface area contributed by atoms with E-state index in [0.29, 0.717) is 0 Å². The van der Waals surface area contributed by atoms with Gasteiger partial charge >= 0.3 is 0 Å². The second-order valence-corrected chi connectivity index (χ2v) is 4.34. The van der Waals surface area contributed by atoms with Gasteiger partial charge in [-0.1, -0.05) is 36.4 Å². The molecule has 0 atom stereocenters. The van der Waals surface area contributed by atoms with Crippen LogP contribution in [0.1, 0.15) is 5.69 Å². The predicted molar refractivity (Wildman–Crippen MR) is 77.3 cm³/mol. The Morgan fingerprint density at radius 1 is 0.789 bits per heavy atom. The first-order chi connectivity index (χ1) is 9.43. The molecule has 1 N–H and O–H groups in total. The van der Waals surface area contributed by atoms with Crippen molar-refractivity contribution in [3.63, 3.8) is 0 Å². The van der Waals surface area contributed by atoms with Gasteiger partial charge in [0.15, 0.2) is 0 Å². The van der Waals surface area contributed by atoms with E-state index in [-0.39, 0.29) is 0 Å². The molecule has 3 aromatic rings. The van der Waals surface area contributed by atoms with Crippen molar-refractivity contribution in [2.24, 2.45) is 0 Å². The zero-order valence-electron chi connectivity index (χ0n) is 10.5. The van der Waals surface area contributed by atoms with Gasteiger partial charge in [0, 0.05) is 17.6 Å². The van der Waals surface area contributed by atoms with E-state index in [0.717, 1.165) is 12.2 Å². The van der Waals surface area contributed by atoms with E-state index in [1.165, 1.54) is 11.4 Å². The molecule has 0 aliphatic heterocycles. The molecule has 0 bridgehead atoms. The third-order valence-electron chi connectivity index (χ3n) is 3.02. The lowest BCUT2D eigenvalue weighted by molar-refractivity contribution is 0.904. The van der Waals surface area contributed by atoms with Crippen LogP contribution < -0.4 is 4.90 Å². The summed E-state index contributed by atoms with van der Waals surface area (Å²) in [6, 6.07) is 22.7. The molecule has 1 heterocycles. The number of anilines is 2. The number of aromatic nitrogens is 2. The molecule has 19 heavy (non-hydrogen) atoms. The van der Waals surface area contributed by atoms with Gasteiger partial charge in [0.1, 0.15) is 0 Å². The highest BCUT2D eigenvalue weighted by Crippen LogP contribution is 2.26. The summed E-state index contributed by atoms with van der Waals surface area (Å²) in [7, 11) is 0. The van der Waals surface area contributed by atoms with Crippen molar-refractivity contribution in [2.75, 3.05) is 4.90 Å². The third-order valence-corrected chi connectivity index (χ3v) is 3.02. The van der Waals surface area contributed by atoms with E-state index in [2.05, 4.69) is 63.6 Å². The number of H-pyrrole nitrogens is 1. The maximum Gasteiger partial charge on any atom is 0.0648 e. The monoisotopic (exact) mass is 249 g/mol. The van der Waals surface area contributed by atoms with Gasteiger partial charge in [-0.15, -0.1) is 0 Å². The number of nitrogens with zero attached hydrogens (tertiary/aromatic N) is 2.